The number of carbonyl (C=O) groups excluding carboxylic acids is 1. The summed E-state index contributed by atoms with van der Waals surface area (Å²) < 4.78 is 0. The van der Waals surface area contributed by atoms with E-state index >= 15 is 0 Å². The molecule has 0 bridgehead atoms. The van der Waals surface area contributed by atoms with Gasteiger partial charge in [-0.15, -0.1) is 0 Å². The molecular weight excluding hydrogens is 787 g/mol. The van der Waals surface area contributed by atoms with Gasteiger partial charge in [-0.25, -0.2) is 0 Å². The molecule has 380 valence electrons. The van der Waals surface area contributed by atoms with Crippen LogP contribution in [-0.2, 0) is 4.79 Å². The van der Waals surface area contributed by atoms with E-state index < -0.39 is 18.2 Å². The topological polar surface area (TPSA) is 89.8 Å². The van der Waals surface area contributed by atoms with Crippen LogP contribution in [0.2, 0.25) is 0 Å². The van der Waals surface area contributed by atoms with Gasteiger partial charge in [-0.05, 0) is 51.4 Å². The van der Waals surface area contributed by atoms with E-state index in [0.717, 1.165) is 44.9 Å². The highest BCUT2D eigenvalue weighted by Gasteiger charge is 2.26. The second-order valence-corrected chi connectivity index (χ2v) is 20.2. The molecule has 5 heteroatoms. The normalized spacial score (nSPS) is 13.4. The summed E-state index contributed by atoms with van der Waals surface area (Å²) in [6.45, 7) is 4.20. The minimum absolute atomic E-state index is 0.151. The monoisotopic (exact) mass is 902 g/mol. The molecule has 0 aliphatic rings. The summed E-state index contributed by atoms with van der Waals surface area (Å²) in [6.07, 6.45) is 69.2. The Morgan fingerprint density at radius 3 is 0.953 bits per heavy atom. The minimum Gasteiger partial charge on any atom is -0.394 e. The SMILES string of the molecule is CCCCCCCCCCCCCC/C=C/CC/C=C/CCCC(O)C(O)C(CO)NC(=O)CCCCCCCCCCCCCCCCCCCCCCCCCCCCCCC. The van der Waals surface area contributed by atoms with Crippen molar-refractivity contribution in [3.63, 3.8) is 0 Å². The molecule has 0 saturated carbocycles. The largest absolute Gasteiger partial charge is 0.394 e. The molecule has 0 aromatic rings. The van der Waals surface area contributed by atoms with Gasteiger partial charge in [0.2, 0.25) is 5.91 Å². The maximum atomic E-state index is 12.5. The van der Waals surface area contributed by atoms with Crippen molar-refractivity contribution in [2.45, 2.75) is 340 Å². The van der Waals surface area contributed by atoms with Crippen LogP contribution in [-0.4, -0.2) is 46.1 Å². The zero-order valence-electron chi connectivity index (χ0n) is 43.4. The van der Waals surface area contributed by atoms with Crippen molar-refractivity contribution in [3.05, 3.63) is 24.3 Å². The highest BCUT2D eigenvalue weighted by molar-refractivity contribution is 5.76. The lowest BCUT2D eigenvalue weighted by atomic mass is 10.0. The van der Waals surface area contributed by atoms with Crippen molar-refractivity contribution in [1.29, 1.82) is 0 Å². The van der Waals surface area contributed by atoms with Crippen LogP contribution in [0.4, 0.5) is 0 Å². The molecular formula is C59H115NO4. The molecule has 0 spiro atoms. The van der Waals surface area contributed by atoms with Crippen molar-refractivity contribution < 1.29 is 20.1 Å². The Morgan fingerprint density at radius 2 is 0.641 bits per heavy atom. The number of amides is 1. The third kappa shape index (κ3) is 48.8. The Morgan fingerprint density at radius 1 is 0.375 bits per heavy atom. The van der Waals surface area contributed by atoms with Crippen molar-refractivity contribution in [2.24, 2.45) is 0 Å². The van der Waals surface area contributed by atoms with Crippen LogP contribution in [0.5, 0.6) is 0 Å². The molecule has 5 nitrogen and oxygen atoms in total. The van der Waals surface area contributed by atoms with Crippen molar-refractivity contribution in [2.75, 3.05) is 6.61 Å². The molecule has 0 aliphatic heterocycles. The molecule has 3 atom stereocenters. The molecule has 64 heavy (non-hydrogen) atoms. The summed E-state index contributed by atoms with van der Waals surface area (Å²) in [5.41, 5.74) is 0. The third-order valence-electron chi connectivity index (χ3n) is 13.8. The maximum Gasteiger partial charge on any atom is 0.220 e. The van der Waals surface area contributed by atoms with Crippen molar-refractivity contribution in [1.82, 2.24) is 5.32 Å². The summed E-state index contributed by atoms with van der Waals surface area (Å²) in [4.78, 5) is 12.5. The lowest BCUT2D eigenvalue weighted by Crippen LogP contribution is -2.50. The summed E-state index contributed by atoms with van der Waals surface area (Å²) in [6, 6.07) is -0.830. The van der Waals surface area contributed by atoms with Gasteiger partial charge in [0.1, 0.15) is 6.10 Å². The Labute approximate surface area is 401 Å². The number of hydrogen-bond acceptors (Lipinski definition) is 4. The molecule has 0 aromatic carbocycles. The fourth-order valence-corrected chi connectivity index (χ4v) is 9.30. The average Bonchev–Trinajstić information content (AvgIpc) is 3.30. The van der Waals surface area contributed by atoms with E-state index in [4.69, 9.17) is 0 Å². The Kier molecular flexibility index (Phi) is 53.4. The van der Waals surface area contributed by atoms with E-state index in [1.165, 1.54) is 250 Å². The van der Waals surface area contributed by atoms with Crippen LogP contribution in [0.15, 0.2) is 24.3 Å². The standard InChI is InChI=1S/C59H115NO4/c1-3-5-7-9-11-13-15-17-19-21-23-25-26-27-28-29-30-31-32-34-36-38-40-42-44-46-48-50-52-54-58(63)60-56(55-61)59(64)57(62)53-51-49-47-45-43-41-39-37-35-33-24-22-20-18-16-14-12-10-8-6-4-2/h37,39,45,47,56-57,59,61-62,64H,3-36,38,40-44,46,48-55H2,1-2H3,(H,60,63)/b39-37+,47-45+. The summed E-state index contributed by atoms with van der Waals surface area (Å²) >= 11 is 0. The predicted molar refractivity (Wildman–Crippen MR) is 282 cm³/mol. The molecule has 0 heterocycles. The molecule has 1 amide bonds. The van der Waals surface area contributed by atoms with Gasteiger partial charge >= 0.3 is 0 Å². The van der Waals surface area contributed by atoms with Gasteiger partial charge in [0.25, 0.3) is 0 Å². The first-order valence-corrected chi connectivity index (χ1v) is 29.1. The Hall–Kier alpha value is -1.17. The highest BCUT2D eigenvalue weighted by Crippen LogP contribution is 2.18. The smallest absolute Gasteiger partial charge is 0.220 e. The fourth-order valence-electron chi connectivity index (χ4n) is 9.30. The van der Waals surface area contributed by atoms with Gasteiger partial charge in [0, 0.05) is 6.42 Å². The molecule has 0 rings (SSSR count). The van der Waals surface area contributed by atoms with E-state index in [2.05, 4.69) is 43.5 Å². The molecule has 3 unspecified atom stereocenters. The lowest BCUT2D eigenvalue weighted by molar-refractivity contribution is -0.124. The van der Waals surface area contributed by atoms with Crippen LogP contribution < -0.4 is 5.32 Å². The van der Waals surface area contributed by atoms with E-state index in [0.29, 0.717) is 12.8 Å². The number of carbonyl (C=O) groups is 1. The van der Waals surface area contributed by atoms with E-state index in [1.807, 2.05) is 0 Å². The minimum atomic E-state index is -1.17. The van der Waals surface area contributed by atoms with E-state index in [1.54, 1.807) is 0 Å². The number of allylic oxidation sites excluding steroid dienone is 4. The third-order valence-corrected chi connectivity index (χ3v) is 13.8. The first-order valence-electron chi connectivity index (χ1n) is 29.1. The second-order valence-electron chi connectivity index (χ2n) is 20.2. The average molecular weight is 903 g/mol. The quantitative estimate of drug-likeness (QED) is 0.0362. The highest BCUT2D eigenvalue weighted by atomic mass is 16.3. The van der Waals surface area contributed by atoms with Crippen LogP contribution in [0.1, 0.15) is 322 Å². The van der Waals surface area contributed by atoms with Crippen LogP contribution in [0.25, 0.3) is 0 Å². The zero-order chi connectivity index (χ0) is 46.5. The molecule has 0 aromatic heterocycles. The van der Waals surface area contributed by atoms with Crippen LogP contribution in [0, 0.1) is 0 Å². The van der Waals surface area contributed by atoms with Gasteiger partial charge in [-0.1, -0.05) is 289 Å². The van der Waals surface area contributed by atoms with E-state index in [-0.39, 0.29) is 12.5 Å². The molecule has 0 radical (unpaired) electrons. The summed E-state index contributed by atoms with van der Waals surface area (Å²) in [5.74, 6) is -0.151. The molecule has 0 aliphatic carbocycles. The number of aliphatic hydroxyl groups is 3. The maximum absolute atomic E-state index is 12.5. The zero-order valence-corrected chi connectivity index (χ0v) is 43.4. The van der Waals surface area contributed by atoms with Gasteiger partial charge < -0.3 is 20.6 Å². The van der Waals surface area contributed by atoms with E-state index in [9.17, 15) is 20.1 Å². The Bertz CT molecular complexity index is 951. The van der Waals surface area contributed by atoms with Crippen LogP contribution >= 0.6 is 0 Å². The van der Waals surface area contributed by atoms with Crippen LogP contribution in [0.3, 0.4) is 0 Å². The first-order chi connectivity index (χ1) is 31.6. The molecule has 0 saturated heterocycles. The lowest BCUT2D eigenvalue weighted by Gasteiger charge is -2.26. The fraction of sp³-hybridized carbons (Fsp3) is 0.915. The molecule has 0 fully saturated rings. The summed E-state index contributed by atoms with van der Waals surface area (Å²) in [5, 5.41) is 33.7. The number of rotatable bonds is 54. The van der Waals surface area contributed by atoms with Crippen molar-refractivity contribution in [3.8, 4) is 0 Å². The molecule has 4 N–H and O–H groups in total. The van der Waals surface area contributed by atoms with Gasteiger partial charge in [0.15, 0.2) is 0 Å². The summed E-state index contributed by atoms with van der Waals surface area (Å²) in [7, 11) is 0. The van der Waals surface area contributed by atoms with Gasteiger partial charge in [-0.2, -0.15) is 0 Å². The number of hydrogen-bond donors (Lipinski definition) is 4. The van der Waals surface area contributed by atoms with Gasteiger partial charge in [-0.3, -0.25) is 4.79 Å². The van der Waals surface area contributed by atoms with Gasteiger partial charge in [0.05, 0.1) is 18.8 Å². The Balaban J connectivity index is 3.54. The van der Waals surface area contributed by atoms with Crippen molar-refractivity contribution >= 4 is 5.91 Å². The number of aliphatic hydroxyl groups excluding tert-OH is 3. The number of nitrogens with one attached hydrogen (secondary N) is 1. The number of unbranched alkanes of at least 4 members (excludes halogenated alkanes) is 42. The second kappa shape index (κ2) is 54.4. The first kappa shape index (κ1) is 62.8. The predicted octanol–water partition coefficient (Wildman–Crippen LogP) is 18.1.